The highest BCUT2D eigenvalue weighted by Gasteiger charge is 2.48. The fourth-order valence-corrected chi connectivity index (χ4v) is 5.16. The molecule has 0 bridgehead atoms. The number of hydrogen-bond donors (Lipinski definition) is 2. The van der Waals surface area contributed by atoms with Gasteiger partial charge in [0.1, 0.15) is 5.60 Å². The molecule has 2 unspecified atom stereocenters. The van der Waals surface area contributed by atoms with Crippen LogP contribution in [0.1, 0.15) is 112 Å². The number of aryl methyl sites for hydroxylation is 2. The maximum Gasteiger partial charge on any atom is 0.407 e. The average molecular weight is 640 g/mol. The van der Waals surface area contributed by atoms with Gasteiger partial charge in [-0.3, -0.25) is 14.3 Å². The van der Waals surface area contributed by atoms with Gasteiger partial charge in [0.15, 0.2) is 6.04 Å². The number of nitrogens with one attached hydrogen (secondary N) is 2. The zero-order chi connectivity index (χ0) is 33.7. The molecule has 1 heterocycles. The van der Waals surface area contributed by atoms with E-state index in [0.717, 1.165) is 0 Å². The first-order valence-electron chi connectivity index (χ1n) is 15.3. The zero-order valence-corrected chi connectivity index (χ0v) is 27.1. The Labute approximate surface area is 262 Å². The van der Waals surface area contributed by atoms with Gasteiger partial charge in [-0.25, -0.2) is 22.4 Å². The van der Waals surface area contributed by atoms with Crippen LogP contribution in [0, 0.1) is 12.8 Å². The van der Waals surface area contributed by atoms with Gasteiger partial charge in [-0.05, 0) is 76.6 Å². The SMILES string of the molecule is Cc1cc(C(=O)N(CCC2CCC2(F)F)C(C(=O)NCCCNC(=O)OC(C)(C)C)c2cc(C(C)C)nn2C)ccc1C(F)F. The molecular formula is C32H45F4N5O4. The summed E-state index contributed by atoms with van der Waals surface area (Å²) in [4.78, 5) is 41.2. The zero-order valence-electron chi connectivity index (χ0n) is 27.1. The van der Waals surface area contributed by atoms with E-state index in [1.165, 1.54) is 34.7 Å². The second-order valence-electron chi connectivity index (χ2n) is 12.9. The van der Waals surface area contributed by atoms with Crippen LogP contribution in [0.25, 0.3) is 0 Å². The third kappa shape index (κ3) is 9.43. The third-order valence-electron chi connectivity index (χ3n) is 7.84. The molecule has 1 aliphatic carbocycles. The van der Waals surface area contributed by atoms with Crippen molar-refractivity contribution in [3.63, 3.8) is 0 Å². The van der Waals surface area contributed by atoms with Crippen LogP contribution in [0.5, 0.6) is 0 Å². The molecule has 45 heavy (non-hydrogen) atoms. The Kier molecular flexibility index (Phi) is 11.7. The Morgan fingerprint density at radius 3 is 2.31 bits per heavy atom. The molecule has 0 spiro atoms. The lowest BCUT2D eigenvalue weighted by molar-refractivity contribution is -0.137. The van der Waals surface area contributed by atoms with Gasteiger partial charge in [0.25, 0.3) is 18.3 Å². The maximum absolute atomic E-state index is 14.3. The van der Waals surface area contributed by atoms with Gasteiger partial charge in [0.2, 0.25) is 5.91 Å². The first-order chi connectivity index (χ1) is 20.9. The molecule has 0 saturated heterocycles. The van der Waals surface area contributed by atoms with Crippen LogP contribution in [0.4, 0.5) is 22.4 Å². The summed E-state index contributed by atoms with van der Waals surface area (Å²) in [6.07, 6.45) is -2.98. The summed E-state index contributed by atoms with van der Waals surface area (Å²) in [7, 11) is 1.64. The second-order valence-corrected chi connectivity index (χ2v) is 12.9. The molecule has 1 aromatic heterocycles. The monoisotopic (exact) mass is 639 g/mol. The summed E-state index contributed by atoms with van der Waals surface area (Å²) >= 11 is 0. The van der Waals surface area contributed by atoms with Gasteiger partial charge in [-0.1, -0.05) is 19.9 Å². The molecule has 1 aliphatic rings. The Morgan fingerprint density at radius 2 is 1.80 bits per heavy atom. The number of hydrogen-bond acceptors (Lipinski definition) is 5. The van der Waals surface area contributed by atoms with Gasteiger partial charge < -0.3 is 20.3 Å². The fraction of sp³-hybridized carbons (Fsp3) is 0.625. The van der Waals surface area contributed by atoms with Crippen LogP contribution >= 0.6 is 0 Å². The van der Waals surface area contributed by atoms with Crippen LogP contribution < -0.4 is 10.6 Å². The maximum atomic E-state index is 14.3. The van der Waals surface area contributed by atoms with E-state index in [2.05, 4.69) is 15.7 Å². The van der Waals surface area contributed by atoms with Crippen molar-refractivity contribution in [2.45, 2.75) is 97.1 Å². The first-order valence-corrected chi connectivity index (χ1v) is 15.3. The molecule has 250 valence electrons. The van der Waals surface area contributed by atoms with Gasteiger partial charge >= 0.3 is 6.09 Å². The van der Waals surface area contributed by atoms with Crippen molar-refractivity contribution in [2.75, 3.05) is 19.6 Å². The Morgan fingerprint density at radius 1 is 1.13 bits per heavy atom. The summed E-state index contributed by atoms with van der Waals surface area (Å²) in [5.74, 6) is -5.03. The van der Waals surface area contributed by atoms with E-state index in [9.17, 15) is 31.9 Å². The predicted octanol–water partition coefficient (Wildman–Crippen LogP) is 6.44. The van der Waals surface area contributed by atoms with Crippen LogP contribution in [0.15, 0.2) is 24.3 Å². The van der Waals surface area contributed by atoms with E-state index < -0.39 is 47.8 Å². The topological polar surface area (TPSA) is 106 Å². The molecule has 3 amide bonds. The Balaban J connectivity index is 1.92. The number of aromatic nitrogens is 2. The predicted molar refractivity (Wildman–Crippen MR) is 161 cm³/mol. The molecule has 2 atom stereocenters. The van der Waals surface area contributed by atoms with Crippen molar-refractivity contribution in [1.29, 1.82) is 0 Å². The summed E-state index contributed by atoms with van der Waals surface area (Å²) in [5, 5.41) is 9.94. The number of rotatable bonds is 13. The highest BCUT2D eigenvalue weighted by atomic mass is 19.3. The number of carbonyl (C=O) groups is 3. The first kappa shape index (κ1) is 35.8. The number of halogens is 4. The van der Waals surface area contributed by atoms with E-state index in [1.54, 1.807) is 33.9 Å². The van der Waals surface area contributed by atoms with Crippen LogP contribution in [0.3, 0.4) is 0 Å². The highest BCUT2D eigenvalue weighted by Crippen LogP contribution is 2.45. The van der Waals surface area contributed by atoms with Crippen molar-refractivity contribution in [3.05, 3.63) is 52.3 Å². The number of alkyl halides is 4. The molecule has 0 radical (unpaired) electrons. The van der Waals surface area contributed by atoms with E-state index >= 15 is 0 Å². The van der Waals surface area contributed by atoms with Crippen molar-refractivity contribution in [2.24, 2.45) is 13.0 Å². The van der Waals surface area contributed by atoms with E-state index in [-0.39, 0.29) is 55.1 Å². The third-order valence-corrected chi connectivity index (χ3v) is 7.84. The van der Waals surface area contributed by atoms with Gasteiger partial charge in [0, 0.05) is 50.1 Å². The molecule has 3 rings (SSSR count). The lowest BCUT2D eigenvalue weighted by atomic mass is 9.78. The number of nitrogens with zero attached hydrogens (tertiary/aromatic N) is 3. The minimum Gasteiger partial charge on any atom is -0.444 e. The van der Waals surface area contributed by atoms with Crippen molar-refractivity contribution >= 4 is 17.9 Å². The lowest BCUT2D eigenvalue weighted by Gasteiger charge is -2.39. The van der Waals surface area contributed by atoms with E-state index in [4.69, 9.17) is 4.74 Å². The number of carbonyl (C=O) groups excluding carboxylic acids is 3. The van der Waals surface area contributed by atoms with E-state index in [1.807, 2.05) is 13.8 Å². The largest absolute Gasteiger partial charge is 0.444 e. The second kappa shape index (κ2) is 14.6. The normalized spacial score (nSPS) is 16.7. The smallest absolute Gasteiger partial charge is 0.407 e. The van der Waals surface area contributed by atoms with Gasteiger partial charge in [0.05, 0.1) is 11.4 Å². The summed E-state index contributed by atoms with van der Waals surface area (Å²) in [5.41, 5.74) is 0.404. The van der Waals surface area contributed by atoms with Crippen molar-refractivity contribution in [1.82, 2.24) is 25.3 Å². The molecule has 0 aliphatic heterocycles. The minimum absolute atomic E-state index is 0.00468. The average Bonchev–Trinajstić information content (AvgIpc) is 3.31. The molecular weight excluding hydrogens is 594 g/mol. The minimum atomic E-state index is -2.86. The van der Waals surface area contributed by atoms with E-state index in [0.29, 0.717) is 24.2 Å². The number of ether oxygens (including phenoxy) is 1. The molecule has 2 N–H and O–H groups in total. The van der Waals surface area contributed by atoms with Crippen LogP contribution in [0.2, 0.25) is 0 Å². The molecule has 1 saturated carbocycles. The van der Waals surface area contributed by atoms with Gasteiger partial charge in [-0.2, -0.15) is 5.10 Å². The number of amides is 3. The Bertz CT molecular complexity index is 1360. The standard InChI is InChI=1S/C32H45F4N5O4/c1-19(2)24-18-25(40(7)39-24)26(28(42)37-14-8-15-38-30(44)45-31(4,5)6)41(16-12-22-11-13-32(22,35)36)29(43)21-9-10-23(27(33)34)20(3)17-21/h9-10,17-19,22,26-27H,8,11-16H2,1-7H3,(H,37,42)(H,38,44). The highest BCUT2D eigenvalue weighted by molar-refractivity contribution is 5.98. The Hall–Kier alpha value is -3.64. The molecule has 1 fully saturated rings. The van der Waals surface area contributed by atoms with Gasteiger partial charge in [-0.15, -0.1) is 0 Å². The summed E-state index contributed by atoms with van der Waals surface area (Å²) in [6.45, 7) is 10.7. The van der Waals surface area contributed by atoms with Crippen molar-refractivity contribution in [3.8, 4) is 0 Å². The molecule has 2 aromatic rings. The quantitative estimate of drug-likeness (QED) is 0.194. The number of benzene rings is 1. The lowest BCUT2D eigenvalue weighted by Crippen LogP contribution is -2.47. The molecule has 9 nitrogen and oxygen atoms in total. The van der Waals surface area contributed by atoms with Crippen molar-refractivity contribution < 1.29 is 36.7 Å². The summed E-state index contributed by atoms with van der Waals surface area (Å²) < 4.78 is 62.1. The fourth-order valence-electron chi connectivity index (χ4n) is 5.16. The van der Waals surface area contributed by atoms with Crippen LogP contribution in [-0.4, -0.2) is 63.7 Å². The number of alkyl carbamates (subject to hydrolysis) is 1. The summed E-state index contributed by atoms with van der Waals surface area (Å²) in [6, 6.07) is 4.21. The molecule has 1 aromatic carbocycles. The van der Waals surface area contributed by atoms with Crippen LogP contribution in [-0.2, 0) is 16.6 Å². The molecule has 13 heteroatoms.